The molecule has 1 heterocycles. The molecule has 110 valence electrons. The van der Waals surface area contributed by atoms with Gasteiger partial charge >= 0.3 is 5.97 Å². The summed E-state index contributed by atoms with van der Waals surface area (Å²) in [6.45, 7) is 7.86. The van der Waals surface area contributed by atoms with Crippen LogP contribution in [0.5, 0.6) is 11.6 Å². The molecule has 0 aliphatic rings. The van der Waals surface area contributed by atoms with Gasteiger partial charge in [0.05, 0.1) is 5.56 Å². The zero-order valence-electron chi connectivity index (χ0n) is 12.7. The van der Waals surface area contributed by atoms with Crippen LogP contribution in [0.3, 0.4) is 0 Å². The van der Waals surface area contributed by atoms with Gasteiger partial charge in [-0.15, -0.1) is 0 Å². The number of carbonyl (C=O) groups is 1. The number of nitrogens with zero attached hydrogens (tertiary/aromatic N) is 1. The standard InChI is InChI=1S/C17H19NO3/c1-10(2)14-8-13(17(19)20)9-16(18-14)21-15-7-11(3)5-6-12(15)4/h5-10H,1-4H3,(H,19,20). The van der Waals surface area contributed by atoms with Crippen molar-refractivity contribution >= 4 is 5.97 Å². The fourth-order valence-electron chi connectivity index (χ4n) is 1.93. The number of ether oxygens (including phenoxy) is 1. The van der Waals surface area contributed by atoms with Gasteiger partial charge in [-0.2, -0.15) is 0 Å². The number of rotatable bonds is 4. The minimum Gasteiger partial charge on any atom is -0.478 e. The Morgan fingerprint density at radius 3 is 2.52 bits per heavy atom. The van der Waals surface area contributed by atoms with Crippen molar-refractivity contribution in [3.63, 3.8) is 0 Å². The molecule has 0 amide bonds. The van der Waals surface area contributed by atoms with Crippen LogP contribution in [-0.4, -0.2) is 16.1 Å². The van der Waals surface area contributed by atoms with Crippen LogP contribution in [-0.2, 0) is 0 Å². The maximum atomic E-state index is 11.2. The Morgan fingerprint density at radius 1 is 1.19 bits per heavy atom. The van der Waals surface area contributed by atoms with Gasteiger partial charge in [0.25, 0.3) is 0 Å². The predicted octanol–water partition coefficient (Wildman–Crippen LogP) is 4.31. The Labute approximate surface area is 124 Å². The topological polar surface area (TPSA) is 59.4 Å². The van der Waals surface area contributed by atoms with Crippen molar-refractivity contribution in [2.24, 2.45) is 0 Å². The van der Waals surface area contributed by atoms with E-state index in [1.54, 1.807) is 6.07 Å². The number of aromatic carboxylic acids is 1. The van der Waals surface area contributed by atoms with E-state index in [2.05, 4.69) is 4.98 Å². The summed E-state index contributed by atoms with van der Waals surface area (Å²) in [6, 6.07) is 8.93. The van der Waals surface area contributed by atoms with Crippen molar-refractivity contribution in [1.82, 2.24) is 4.98 Å². The molecular weight excluding hydrogens is 266 g/mol. The number of pyridine rings is 1. The summed E-state index contributed by atoms with van der Waals surface area (Å²) in [5, 5.41) is 9.20. The van der Waals surface area contributed by atoms with Crippen molar-refractivity contribution in [2.45, 2.75) is 33.6 Å². The van der Waals surface area contributed by atoms with Gasteiger partial charge < -0.3 is 9.84 Å². The van der Waals surface area contributed by atoms with Crippen molar-refractivity contribution in [1.29, 1.82) is 0 Å². The molecule has 0 bridgehead atoms. The van der Waals surface area contributed by atoms with Crippen molar-refractivity contribution < 1.29 is 14.6 Å². The van der Waals surface area contributed by atoms with Crippen molar-refractivity contribution in [2.75, 3.05) is 0 Å². The molecule has 4 heteroatoms. The van der Waals surface area contributed by atoms with Crippen molar-refractivity contribution in [3.8, 4) is 11.6 Å². The lowest BCUT2D eigenvalue weighted by Gasteiger charge is -2.12. The Morgan fingerprint density at radius 2 is 1.90 bits per heavy atom. The maximum absolute atomic E-state index is 11.2. The summed E-state index contributed by atoms with van der Waals surface area (Å²) < 4.78 is 5.80. The number of hydrogen-bond acceptors (Lipinski definition) is 3. The molecule has 2 rings (SSSR count). The number of aromatic nitrogens is 1. The molecular formula is C17H19NO3. The second-order valence-electron chi connectivity index (χ2n) is 5.45. The van der Waals surface area contributed by atoms with Crippen LogP contribution in [0.4, 0.5) is 0 Å². The average molecular weight is 285 g/mol. The van der Waals surface area contributed by atoms with Crippen LogP contribution < -0.4 is 4.74 Å². The second kappa shape index (κ2) is 5.95. The van der Waals surface area contributed by atoms with Gasteiger partial charge in [-0.3, -0.25) is 0 Å². The minimum absolute atomic E-state index is 0.130. The first-order chi connectivity index (χ1) is 9.86. The van der Waals surface area contributed by atoms with E-state index in [0.29, 0.717) is 17.3 Å². The highest BCUT2D eigenvalue weighted by Crippen LogP contribution is 2.27. The van der Waals surface area contributed by atoms with Gasteiger partial charge in [-0.1, -0.05) is 26.0 Å². The van der Waals surface area contributed by atoms with E-state index in [-0.39, 0.29) is 11.5 Å². The van der Waals surface area contributed by atoms with Crippen LogP contribution >= 0.6 is 0 Å². The molecule has 0 saturated carbocycles. The third-order valence-electron chi connectivity index (χ3n) is 3.22. The summed E-state index contributed by atoms with van der Waals surface area (Å²) in [5.74, 6) is 0.155. The molecule has 0 aliphatic carbocycles. The Balaban J connectivity index is 2.43. The van der Waals surface area contributed by atoms with Gasteiger partial charge in [-0.25, -0.2) is 9.78 Å². The Bertz CT molecular complexity index is 678. The normalized spacial score (nSPS) is 10.7. The maximum Gasteiger partial charge on any atom is 0.335 e. The molecule has 0 aliphatic heterocycles. The molecule has 0 radical (unpaired) electrons. The zero-order chi connectivity index (χ0) is 15.6. The van der Waals surface area contributed by atoms with Gasteiger partial charge in [0.15, 0.2) is 0 Å². The quantitative estimate of drug-likeness (QED) is 0.909. The third-order valence-corrected chi connectivity index (χ3v) is 3.22. The van der Waals surface area contributed by atoms with Crippen LogP contribution in [0.1, 0.15) is 46.9 Å². The van der Waals surface area contributed by atoms with Gasteiger partial charge in [0, 0.05) is 11.8 Å². The third kappa shape index (κ3) is 3.60. The van der Waals surface area contributed by atoms with Crippen LogP contribution in [0, 0.1) is 13.8 Å². The summed E-state index contributed by atoms with van der Waals surface area (Å²) in [6.07, 6.45) is 0. The van der Waals surface area contributed by atoms with Gasteiger partial charge in [0.2, 0.25) is 5.88 Å². The largest absolute Gasteiger partial charge is 0.478 e. The minimum atomic E-state index is -0.981. The summed E-state index contributed by atoms with van der Waals surface area (Å²) in [5.41, 5.74) is 2.95. The van der Waals surface area contributed by atoms with E-state index in [4.69, 9.17) is 4.74 Å². The smallest absolute Gasteiger partial charge is 0.335 e. The predicted molar refractivity (Wildman–Crippen MR) is 81.3 cm³/mol. The molecule has 0 atom stereocenters. The van der Waals surface area contributed by atoms with E-state index < -0.39 is 5.97 Å². The first-order valence-corrected chi connectivity index (χ1v) is 6.87. The monoisotopic (exact) mass is 285 g/mol. The molecule has 0 spiro atoms. The highest BCUT2D eigenvalue weighted by atomic mass is 16.5. The second-order valence-corrected chi connectivity index (χ2v) is 5.45. The molecule has 1 aromatic carbocycles. The highest BCUT2D eigenvalue weighted by Gasteiger charge is 2.13. The van der Waals surface area contributed by atoms with E-state index in [9.17, 15) is 9.90 Å². The van der Waals surface area contributed by atoms with E-state index in [1.807, 2.05) is 45.9 Å². The Hall–Kier alpha value is -2.36. The summed E-state index contributed by atoms with van der Waals surface area (Å²) in [4.78, 5) is 15.6. The number of carboxylic acid groups (broad SMARTS) is 1. The van der Waals surface area contributed by atoms with Crippen LogP contribution in [0.15, 0.2) is 30.3 Å². The number of hydrogen-bond donors (Lipinski definition) is 1. The van der Waals surface area contributed by atoms with Crippen LogP contribution in [0.25, 0.3) is 0 Å². The zero-order valence-corrected chi connectivity index (χ0v) is 12.7. The fourth-order valence-corrected chi connectivity index (χ4v) is 1.93. The molecule has 2 aromatic rings. The van der Waals surface area contributed by atoms with Gasteiger partial charge in [0.1, 0.15) is 5.75 Å². The van der Waals surface area contributed by atoms with Crippen LogP contribution in [0.2, 0.25) is 0 Å². The number of benzene rings is 1. The SMILES string of the molecule is Cc1ccc(C)c(Oc2cc(C(=O)O)cc(C(C)C)n2)c1. The van der Waals surface area contributed by atoms with Gasteiger partial charge in [-0.05, 0) is 43.0 Å². The van der Waals surface area contributed by atoms with Crippen molar-refractivity contribution in [3.05, 3.63) is 52.7 Å². The first-order valence-electron chi connectivity index (χ1n) is 6.87. The summed E-state index contributed by atoms with van der Waals surface area (Å²) in [7, 11) is 0. The lowest BCUT2D eigenvalue weighted by Crippen LogP contribution is -2.03. The van der Waals surface area contributed by atoms with E-state index in [0.717, 1.165) is 11.1 Å². The average Bonchev–Trinajstić information content (AvgIpc) is 2.42. The molecule has 0 saturated heterocycles. The lowest BCUT2D eigenvalue weighted by atomic mass is 10.1. The highest BCUT2D eigenvalue weighted by molar-refractivity contribution is 5.88. The molecule has 0 unspecified atom stereocenters. The molecule has 4 nitrogen and oxygen atoms in total. The first kappa shape index (κ1) is 15.0. The summed E-state index contributed by atoms with van der Waals surface area (Å²) >= 11 is 0. The fraction of sp³-hybridized carbons (Fsp3) is 0.294. The molecule has 21 heavy (non-hydrogen) atoms. The van der Waals surface area contributed by atoms with E-state index in [1.165, 1.54) is 6.07 Å². The number of carboxylic acids is 1. The Kier molecular flexibility index (Phi) is 4.26. The molecule has 1 aromatic heterocycles. The lowest BCUT2D eigenvalue weighted by molar-refractivity contribution is 0.0696. The number of aryl methyl sites for hydroxylation is 2. The molecule has 0 fully saturated rings. The van der Waals surface area contributed by atoms with E-state index >= 15 is 0 Å². The molecule has 1 N–H and O–H groups in total.